The molecule has 0 saturated heterocycles. The second-order valence-corrected chi connectivity index (χ2v) is 5.39. The number of nitrogens with zero attached hydrogens (tertiary/aromatic N) is 2. The molecule has 0 bridgehead atoms. The van der Waals surface area contributed by atoms with Gasteiger partial charge in [-0.1, -0.05) is 0 Å². The highest BCUT2D eigenvalue weighted by Crippen LogP contribution is 2.27. The Hall–Kier alpha value is -2.04. The van der Waals surface area contributed by atoms with E-state index in [4.69, 9.17) is 4.74 Å². The molecule has 0 spiro atoms. The van der Waals surface area contributed by atoms with Gasteiger partial charge < -0.3 is 24.7 Å². The highest BCUT2D eigenvalue weighted by atomic mass is 127. The Balaban J connectivity index is 0.00000364. The van der Waals surface area contributed by atoms with Crippen molar-refractivity contribution in [2.45, 2.75) is 26.6 Å². The zero-order chi connectivity index (χ0) is 18.8. The molecule has 0 unspecified atom stereocenters. The fourth-order valence-corrected chi connectivity index (χ4v) is 2.33. The average Bonchev–Trinajstić information content (AvgIpc) is 3.13. The summed E-state index contributed by atoms with van der Waals surface area (Å²) in [5.74, 6) is 1.12. The van der Waals surface area contributed by atoms with E-state index >= 15 is 0 Å². The van der Waals surface area contributed by atoms with Gasteiger partial charge in [0.1, 0.15) is 11.5 Å². The van der Waals surface area contributed by atoms with E-state index in [2.05, 4.69) is 24.9 Å². The lowest BCUT2D eigenvalue weighted by molar-refractivity contribution is -0.0505. The summed E-state index contributed by atoms with van der Waals surface area (Å²) in [5.41, 5.74) is 0.550. The topological polar surface area (TPSA) is 59.8 Å². The van der Waals surface area contributed by atoms with Crippen LogP contribution in [0.4, 0.5) is 8.78 Å². The zero-order valence-electron chi connectivity index (χ0n) is 15.3. The zero-order valence-corrected chi connectivity index (χ0v) is 17.7. The average molecular weight is 494 g/mol. The van der Waals surface area contributed by atoms with Gasteiger partial charge in [-0.05, 0) is 31.2 Å². The third-order valence-corrected chi connectivity index (χ3v) is 3.57. The van der Waals surface area contributed by atoms with E-state index in [9.17, 15) is 8.78 Å². The number of aromatic nitrogens is 1. The van der Waals surface area contributed by atoms with E-state index < -0.39 is 6.61 Å². The number of alkyl halides is 2. The molecule has 0 aliphatic rings. The molecule has 0 aliphatic heterocycles. The molecule has 0 saturated carbocycles. The van der Waals surface area contributed by atoms with Crippen LogP contribution >= 0.6 is 24.0 Å². The Morgan fingerprint density at radius 3 is 2.59 bits per heavy atom. The summed E-state index contributed by atoms with van der Waals surface area (Å²) in [4.78, 5) is 4.45. The molecule has 2 N–H and O–H groups in total. The largest absolute Gasteiger partial charge is 0.497 e. The van der Waals surface area contributed by atoms with Crippen molar-refractivity contribution in [2.75, 3.05) is 20.2 Å². The highest BCUT2D eigenvalue weighted by Gasteiger charge is 2.11. The Kier molecular flexibility index (Phi) is 10.5. The van der Waals surface area contributed by atoms with Gasteiger partial charge in [-0.25, -0.2) is 4.99 Å². The first-order valence-electron chi connectivity index (χ1n) is 8.37. The second kappa shape index (κ2) is 12.4. The van der Waals surface area contributed by atoms with Gasteiger partial charge in [-0.3, -0.25) is 0 Å². The van der Waals surface area contributed by atoms with E-state index in [0.717, 1.165) is 6.54 Å². The minimum Gasteiger partial charge on any atom is -0.497 e. The molecule has 27 heavy (non-hydrogen) atoms. The van der Waals surface area contributed by atoms with E-state index in [1.807, 2.05) is 31.5 Å². The maximum absolute atomic E-state index is 12.6. The van der Waals surface area contributed by atoms with Crippen LogP contribution in [0.25, 0.3) is 0 Å². The maximum atomic E-state index is 12.6. The Morgan fingerprint density at radius 2 is 1.96 bits per heavy atom. The number of hydrogen-bond acceptors (Lipinski definition) is 3. The minimum absolute atomic E-state index is 0. The van der Waals surface area contributed by atoms with Gasteiger partial charge in [-0.15, -0.1) is 24.0 Å². The van der Waals surface area contributed by atoms with Crippen LogP contribution in [0, 0.1) is 0 Å². The van der Waals surface area contributed by atoms with E-state index in [1.54, 1.807) is 12.1 Å². The van der Waals surface area contributed by atoms with Crippen molar-refractivity contribution in [1.29, 1.82) is 0 Å². The fourth-order valence-electron chi connectivity index (χ4n) is 2.33. The van der Waals surface area contributed by atoms with Crippen LogP contribution in [-0.4, -0.2) is 37.3 Å². The van der Waals surface area contributed by atoms with Gasteiger partial charge in [0.25, 0.3) is 0 Å². The summed E-state index contributed by atoms with van der Waals surface area (Å²) in [7, 11) is 1.47. The molecule has 1 aromatic heterocycles. The number of guanidine groups is 1. The summed E-state index contributed by atoms with van der Waals surface area (Å²) in [6, 6.07) is 8.73. The standard InChI is InChI=1S/C18H24F2N4O2.HI/c1-3-21-18(22-8-11-24-9-4-5-10-24)23-13-14-6-7-15(25-2)12-16(14)26-17(19)20;/h4-7,9-10,12,17H,3,8,11,13H2,1-2H3,(H2,21,22,23);1H. The molecule has 0 aliphatic carbocycles. The fraction of sp³-hybridized carbons (Fsp3) is 0.389. The van der Waals surface area contributed by atoms with Crippen molar-refractivity contribution in [3.63, 3.8) is 0 Å². The van der Waals surface area contributed by atoms with Crippen molar-refractivity contribution < 1.29 is 18.3 Å². The number of hydrogen-bond donors (Lipinski definition) is 2. The van der Waals surface area contributed by atoms with Crippen LogP contribution in [0.5, 0.6) is 11.5 Å². The van der Waals surface area contributed by atoms with Crippen LogP contribution in [0.2, 0.25) is 0 Å². The van der Waals surface area contributed by atoms with Crippen molar-refractivity contribution >= 4 is 29.9 Å². The van der Waals surface area contributed by atoms with E-state index in [0.29, 0.717) is 30.4 Å². The third kappa shape index (κ3) is 8.02. The van der Waals surface area contributed by atoms with Crippen LogP contribution in [0.3, 0.4) is 0 Å². The quantitative estimate of drug-likeness (QED) is 0.319. The van der Waals surface area contributed by atoms with Gasteiger partial charge in [0, 0.05) is 43.7 Å². The first-order valence-corrected chi connectivity index (χ1v) is 8.37. The van der Waals surface area contributed by atoms with Gasteiger partial charge in [0.2, 0.25) is 0 Å². The molecule has 150 valence electrons. The lowest BCUT2D eigenvalue weighted by Gasteiger charge is -2.14. The molecule has 0 atom stereocenters. The molecule has 1 heterocycles. The lowest BCUT2D eigenvalue weighted by Crippen LogP contribution is -2.38. The third-order valence-electron chi connectivity index (χ3n) is 3.57. The lowest BCUT2D eigenvalue weighted by atomic mass is 10.2. The number of rotatable bonds is 9. The normalized spacial score (nSPS) is 11.1. The predicted octanol–water partition coefficient (Wildman–Crippen LogP) is 3.47. The number of benzene rings is 1. The first kappa shape index (κ1) is 23.0. The maximum Gasteiger partial charge on any atom is 0.387 e. The minimum atomic E-state index is -2.90. The number of methoxy groups -OCH3 is 1. The molecular formula is C18H25F2IN4O2. The summed E-state index contributed by atoms with van der Waals surface area (Å²) >= 11 is 0. The molecule has 2 rings (SSSR count). The van der Waals surface area contributed by atoms with E-state index in [1.165, 1.54) is 13.2 Å². The van der Waals surface area contributed by atoms with Crippen LogP contribution in [-0.2, 0) is 13.1 Å². The van der Waals surface area contributed by atoms with Crippen molar-refractivity contribution in [2.24, 2.45) is 4.99 Å². The Morgan fingerprint density at radius 1 is 1.22 bits per heavy atom. The number of halogens is 3. The number of ether oxygens (including phenoxy) is 2. The predicted molar refractivity (Wildman–Crippen MR) is 112 cm³/mol. The SMILES string of the molecule is CCNC(=NCc1ccc(OC)cc1OC(F)F)NCCn1cccc1.I. The first-order chi connectivity index (χ1) is 12.6. The van der Waals surface area contributed by atoms with Crippen LogP contribution in [0.15, 0.2) is 47.7 Å². The monoisotopic (exact) mass is 494 g/mol. The second-order valence-electron chi connectivity index (χ2n) is 5.39. The summed E-state index contributed by atoms with van der Waals surface area (Å²) < 4.78 is 37.0. The number of aliphatic imine (C=N–C) groups is 1. The van der Waals surface area contributed by atoms with E-state index in [-0.39, 0.29) is 36.3 Å². The molecular weight excluding hydrogens is 469 g/mol. The summed E-state index contributed by atoms with van der Waals surface area (Å²) in [6.07, 6.45) is 3.97. The molecule has 6 nitrogen and oxygen atoms in total. The van der Waals surface area contributed by atoms with Crippen molar-refractivity contribution in [3.05, 3.63) is 48.3 Å². The summed E-state index contributed by atoms with van der Waals surface area (Å²) in [5, 5.41) is 6.35. The van der Waals surface area contributed by atoms with Crippen molar-refractivity contribution in [1.82, 2.24) is 15.2 Å². The van der Waals surface area contributed by atoms with Crippen LogP contribution in [0.1, 0.15) is 12.5 Å². The Bertz CT molecular complexity index is 697. The van der Waals surface area contributed by atoms with Gasteiger partial charge >= 0.3 is 6.61 Å². The smallest absolute Gasteiger partial charge is 0.387 e. The van der Waals surface area contributed by atoms with Crippen molar-refractivity contribution in [3.8, 4) is 11.5 Å². The Labute approximate surface area is 175 Å². The molecule has 1 aromatic carbocycles. The highest BCUT2D eigenvalue weighted by molar-refractivity contribution is 14.0. The number of nitrogens with one attached hydrogen (secondary N) is 2. The molecule has 0 radical (unpaired) electrons. The molecule has 0 fully saturated rings. The van der Waals surface area contributed by atoms with Crippen LogP contribution < -0.4 is 20.1 Å². The molecule has 9 heteroatoms. The van der Waals surface area contributed by atoms with Gasteiger partial charge in [0.15, 0.2) is 5.96 Å². The molecule has 2 aromatic rings. The van der Waals surface area contributed by atoms with Gasteiger partial charge in [0.05, 0.1) is 13.7 Å². The summed E-state index contributed by atoms with van der Waals surface area (Å²) in [6.45, 7) is 1.42. The molecule has 0 amide bonds. The van der Waals surface area contributed by atoms with Gasteiger partial charge in [-0.2, -0.15) is 8.78 Å².